The molecule has 24 heavy (non-hydrogen) atoms. The van der Waals surface area contributed by atoms with Crippen molar-refractivity contribution in [2.45, 2.75) is 68.3 Å². The highest BCUT2D eigenvalue weighted by molar-refractivity contribution is 5.85. The monoisotopic (exact) mass is 357 g/mol. The van der Waals surface area contributed by atoms with Crippen molar-refractivity contribution in [3.63, 3.8) is 0 Å². The minimum absolute atomic E-state index is 0. The fourth-order valence-corrected chi connectivity index (χ4v) is 5.97. The Balaban J connectivity index is 0.00000169. The van der Waals surface area contributed by atoms with Crippen LogP contribution in [0, 0.1) is 23.2 Å². The average molecular weight is 358 g/mol. The number of nitrogens with one attached hydrogen (secondary N) is 1. The minimum Gasteiger partial charge on any atom is -0.390 e. The lowest BCUT2D eigenvalue weighted by Crippen LogP contribution is -2.65. The van der Waals surface area contributed by atoms with Crippen molar-refractivity contribution in [2.24, 2.45) is 11.8 Å². The van der Waals surface area contributed by atoms with E-state index >= 15 is 0 Å². The summed E-state index contributed by atoms with van der Waals surface area (Å²) in [5, 5.41) is 23.2. The topological polar surface area (TPSA) is 76.4 Å². The number of aliphatic hydroxyl groups is 1. The molecule has 1 saturated heterocycles. The van der Waals surface area contributed by atoms with Gasteiger partial charge in [0.2, 0.25) is 5.91 Å². The summed E-state index contributed by atoms with van der Waals surface area (Å²) in [5.74, 6) is 0.912. The van der Waals surface area contributed by atoms with Gasteiger partial charge in [0.15, 0.2) is 0 Å². The molecule has 2 N–H and O–H groups in total. The number of carbonyl (C=O) groups is 1. The van der Waals surface area contributed by atoms with Gasteiger partial charge in [-0.25, -0.2) is 4.39 Å². The first-order valence-corrected chi connectivity index (χ1v) is 8.71. The van der Waals surface area contributed by atoms with Gasteiger partial charge in [-0.1, -0.05) is 0 Å². The summed E-state index contributed by atoms with van der Waals surface area (Å²) in [5.41, 5.74) is -0.710. The molecule has 7 heteroatoms. The number of nitriles is 1. The quantitative estimate of drug-likeness (QED) is 0.803. The van der Waals surface area contributed by atoms with Gasteiger partial charge < -0.3 is 15.3 Å². The van der Waals surface area contributed by atoms with Crippen molar-refractivity contribution in [1.29, 1.82) is 5.26 Å². The summed E-state index contributed by atoms with van der Waals surface area (Å²) in [4.78, 5) is 13.8. The molecule has 1 heterocycles. The molecule has 5 fully saturated rings. The molecular formula is C17H25ClFN3O2. The van der Waals surface area contributed by atoms with Gasteiger partial charge in [0.1, 0.15) is 12.2 Å². The molecule has 5 nitrogen and oxygen atoms in total. The molecule has 4 saturated carbocycles. The summed E-state index contributed by atoms with van der Waals surface area (Å²) >= 11 is 0. The summed E-state index contributed by atoms with van der Waals surface area (Å²) in [6.45, 7) is 0.168. The predicted octanol–water partition coefficient (Wildman–Crippen LogP) is 1.54. The lowest BCUT2D eigenvalue weighted by Gasteiger charge is -2.60. The van der Waals surface area contributed by atoms with Crippen LogP contribution in [0.5, 0.6) is 0 Å². The van der Waals surface area contributed by atoms with Crippen molar-refractivity contribution >= 4 is 18.3 Å². The largest absolute Gasteiger partial charge is 0.390 e. The fraction of sp³-hybridized carbons (Fsp3) is 0.882. The molecule has 5 rings (SSSR count). The zero-order chi connectivity index (χ0) is 16.2. The van der Waals surface area contributed by atoms with Crippen LogP contribution in [0.25, 0.3) is 0 Å². The van der Waals surface area contributed by atoms with Crippen LogP contribution in [-0.4, -0.2) is 52.4 Å². The van der Waals surface area contributed by atoms with Crippen LogP contribution < -0.4 is 5.32 Å². The number of rotatable bonds is 3. The average Bonchev–Trinajstić information content (AvgIpc) is 2.83. The lowest BCUT2D eigenvalue weighted by molar-refractivity contribution is -0.147. The molecule has 4 aliphatic carbocycles. The molecule has 4 atom stereocenters. The van der Waals surface area contributed by atoms with Crippen LogP contribution in [0.1, 0.15) is 44.9 Å². The molecule has 0 aromatic carbocycles. The number of amides is 1. The van der Waals surface area contributed by atoms with Crippen molar-refractivity contribution < 1.29 is 14.3 Å². The van der Waals surface area contributed by atoms with E-state index in [4.69, 9.17) is 5.26 Å². The molecule has 4 bridgehead atoms. The first-order chi connectivity index (χ1) is 10.9. The summed E-state index contributed by atoms with van der Waals surface area (Å²) in [7, 11) is 0. The van der Waals surface area contributed by atoms with Gasteiger partial charge in [-0.2, -0.15) is 5.26 Å². The van der Waals surface area contributed by atoms with Crippen LogP contribution >= 0.6 is 12.4 Å². The summed E-state index contributed by atoms with van der Waals surface area (Å²) < 4.78 is 13.5. The molecule has 0 spiro atoms. The first-order valence-electron chi connectivity index (χ1n) is 8.71. The third kappa shape index (κ3) is 3.02. The van der Waals surface area contributed by atoms with Gasteiger partial charge in [0, 0.05) is 12.0 Å². The Labute approximate surface area is 148 Å². The summed E-state index contributed by atoms with van der Waals surface area (Å²) in [6.07, 6.45) is 4.78. The fourth-order valence-electron chi connectivity index (χ4n) is 5.97. The standard InChI is InChI=1S/C17H24FN3O2.ClH/c18-13-2-14(7-19)21(9-13)15(22)8-20-16-3-11-1-12(4-16)6-17(23,5-11)10-16;/h11-14,20,23H,1-6,8-10H2;1H/t11?,12?,13-,14-,16?,17?;/m0./s1. The van der Waals surface area contributed by atoms with Gasteiger partial charge in [-0.15, -0.1) is 12.4 Å². The highest BCUT2D eigenvalue weighted by Crippen LogP contribution is 2.57. The third-order valence-corrected chi connectivity index (χ3v) is 6.36. The second-order valence-corrected chi connectivity index (χ2v) is 8.34. The maximum absolute atomic E-state index is 13.5. The van der Waals surface area contributed by atoms with Crippen molar-refractivity contribution in [2.75, 3.05) is 13.1 Å². The smallest absolute Gasteiger partial charge is 0.237 e. The molecule has 1 aliphatic heterocycles. The zero-order valence-corrected chi connectivity index (χ0v) is 14.5. The SMILES string of the molecule is Cl.N#C[C@@H]1C[C@H](F)CN1C(=O)CNC12CC3CC(CC(O)(C3)C1)C2. The second kappa shape index (κ2) is 6.12. The van der Waals surface area contributed by atoms with E-state index in [2.05, 4.69) is 5.32 Å². The van der Waals surface area contributed by atoms with Crippen LogP contribution in [0.2, 0.25) is 0 Å². The molecule has 1 amide bonds. The van der Waals surface area contributed by atoms with Crippen LogP contribution in [0.15, 0.2) is 0 Å². The Bertz CT molecular complexity index is 553. The van der Waals surface area contributed by atoms with E-state index < -0.39 is 17.8 Å². The lowest BCUT2D eigenvalue weighted by atomic mass is 9.51. The Hall–Kier alpha value is -0.900. The maximum atomic E-state index is 13.5. The Morgan fingerprint density at radius 1 is 1.29 bits per heavy atom. The predicted molar refractivity (Wildman–Crippen MR) is 88.2 cm³/mol. The summed E-state index contributed by atoms with van der Waals surface area (Å²) in [6, 6.07) is 1.38. The highest BCUT2D eigenvalue weighted by Gasteiger charge is 2.57. The van der Waals surface area contributed by atoms with Gasteiger partial charge in [0.25, 0.3) is 0 Å². The molecule has 0 aromatic rings. The number of likely N-dealkylation sites (tertiary alicyclic amines) is 1. The van der Waals surface area contributed by atoms with Gasteiger partial charge in [-0.3, -0.25) is 4.79 Å². The van der Waals surface area contributed by atoms with E-state index in [1.165, 1.54) is 11.3 Å². The van der Waals surface area contributed by atoms with Crippen LogP contribution in [-0.2, 0) is 4.79 Å². The van der Waals surface area contributed by atoms with Crippen LogP contribution in [0.4, 0.5) is 4.39 Å². The van der Waals surface area contributed by atoms with E-state index in [-0.39, 0.29) is 43.4 Å². The molecular weight excluding hydrogens is 333 g/mol. The van der Waals surface area contributed by atoms with E-state index in [0.29, 0.717) is 18.3 Å². The number of carbonyl (C=O) groups excluding carboxylic acids is 1. The number of hydrogen-bond acceptors (Lipinski definition) is 4. The van der Waals surface area contributed by atoms with Crippen molar-refractivity contribution in [3.8, 4) is 6.07 Å². The number of nitrogens with zero attached hydrogens (tertiary/aromatic N) is 2. The van der Waals surface area contributed by atoms with Crippen molar-refractivity contribution in [1.82, 2.24) is 10.2 Å². The number of hydrogen-bond donors (Lipinski definition) is 2. The second-order valence-electron chi connectivity index (χ2n) is 8.34. The molecule has 0 radical (unpaired) electrons. The number of halogens is 2. The van der Waals surface area contributed by atoms with E-state index in [0.717, 1.165) is 25.7 Å². The molecule has 134 valence electrons. The first kappa shape index (κ1) is 17.9. The van der Waals surface area contributed by atoms with Crippen LogP contribution in [0.3, 0.4) is 0 Å². The Kier molecular flexibility index (Phi) is 4.57. The molecule has 2 unspecified atom stereocenters. The Morgan fingerprint density at radius 2 is 1.96 bits per heavy atom. The van der Waals surface area contributed by atoms with Gasteiger partial charge in [0.05, 0.1) is 24.8 Å². The normalized spacial score (nSPS) is 45.8. The molecule has 0 aromatic heterocycles. The highest BCUT2D eigenvalue weighted by atomic mass is 35.5. The molecule has 5 aliphatic rings. The maximum Gasteiger partial charge on any atom is 0.237 e. The Morgan fingerprint density at radius 3 is 2.54 bits per heavy atom. The number of alkyl halides is 1. The van der Waals surface area contributed by atoms with E-state index in [1.807, 2.05) is 6.07 Å². The van der Waals surface area contributed by atoms with Gasteiger partial charge in [-0.05, 0) is 50.4 Å². The zero-order valence-electron chi connectivity index (χ0n) is 13.7. The third-order valence-electron chi connectivity index (χ3n) is 6.36. The van der Waals surface area contributed by atoms with Crippen molar-refractivity contribution in [3.05, 3.63) is 0 Å². The minimum atomic E-state index is -1.09. The van der Waals surface area contributed by atoms with E-state index in [9.17, 15) is 14.3 Å². The van der Waals surface area contributed by atoms with Gasteiger partial charge >= 0.3 is 0 Å². The van der Waals surface area contributed by atoms with E-state index in [1.54, 1.807) is 0 Å².